The second-order valence-corrected chi connectivity index (χ2v) is 8.47. The number of benzene rings is 2. The maximum Gasteiger partial charge on any atom is 0.350 e. The lowest BCUT2D eigenvalue weighted by Gasteiger charge is -2.36. The first-order valence-corrected chi connectivity index (χ1v) is 11.5. The lowest BCUT2D eigenvalue weighted by Crippen LogP contribution is -2.47. The molecule has 2 aromatic carbocycles. The van der Waals surface area contributed by atoms with Gasteiger partial charge in [-0.05, 0) is 31.2 Å². The third-order valence-corrected chi connectivity index (χ3v) is 6.11. The standard InChI is InChI=1S/C25H27N7O3/c1-18-6-8-20(9-7-18)29-12-14-30(15-13-29)23-24-28-32(25(34)31(24)11-10-26-23)17-22(33)27-19-4-3-5-21(16-19)35-2/h3-11,16H,12-15,17H2,1-2H3,(H,27,33). The highest BCUT2D eigenvalue weighted by Crippen LogP contribution is 2.22. The highest BCUT2D eigenvalue weighted by Gasteiger charge is 2.23. The largest absolute Gasteiger partial charge is 0.497 e. The van der Waals surface area contributed by atoms with Crippen LogP contribution >= 0.6 is 0 Å². The number of hydrogen-bond acceptors (Lipinski definition) is 7. The molecule has 1 aliphatic heterocycles. The molecule has 35 heavy (non-hydrogen) atoms. The van der Waals surface area contributed by atoms with Crippen LogP contribution in [0.3, 0.4) is 0 Å². The molecule has 2 aromatic heterocycles. The molecule has 0 bridgehead atoms. The van der Waals surface area contributed by atoms with Crippen LogP contribution in [-0.4, -0.2) is 58.4 Å². The van der Waals surface area contributed by atoms with Crippen LogP contribution in [0.2, 0.25) is 0 Å². The number of nitrogens with one attached hydrogen (secondary N) is 1. The van der Waals surface area contributed by atoms with Gasteiger partial charge in [0.05, 0.1) is 7.11 Å². The number of ether oxygens (including phenoxy) is 1. The Labute approximate surface area is 202 Å². The maximum absolute atomic E-state index is 12.9. The van der Waals surface area contributed by atoms with Crippen LogP contribution in [0.5, 0.6) is 5.75 Å². The summed E-state index contributed by atoms with van der Waals surface area (Å²) in [5.41, 5.74) is 3.07. The number of hydrogen-bond donors (Lipinski definition) is 1. The van der Waals surface area contributed by atoms with Gasteiger partial charge < -0.3 is 19.9 Å². The van der Waals surface area contributed by atoms with E-state index in [2.05, 4.69) is 56.4 Å². The summed E-state index contributed by atoms with van der Waals surface area (Å²) in [4.78, 5) is 34.5. The Balaban J connectivity index is 1.31. The molecule has 1 fully saturated rings. The molecule has 4 aromatic rings. The molecule has 3 heterocycles. The summed E-state index contributed by atoms with van der Waals surface area (Å²) in [6, 6.07) is 15.6. The van der Waals surface area contributed by atoms with Crippen LogP contribution in [0.25, 0.3) is 5.65 Å². The Hall–Kier alpha value is -4.34. The molecule has 0 spiro atoms. The number of anilines is 3. The van der Waals surface area contributed by atoms with Gasteiger partial charge in [-0.15, -0.1) is 5.10 Å². The Morgan fingerprint density at radius 3 is 2.54 bits per heavy atom. The van der Waals surface area contributed by atoms with Crippen molar-refractivity contribution in [1.29, 1.82) is 0 Å². The van der Waals surface area contributed by atoms with E-state index in [1.54, 1.807) is 43.8 Å². The Morgan fingerprint density at radius 1 is 1.06 bits per heavy atom. The number of nitrogens with zero attached hydrogens (tertiary/aromatic N) is 6. The molecule has 0 aliphatic carbocycles. The predicted octanol–water partition coefficient (Wildman–Crippen LogP) is 2.17. The summed E-state index contributed by atoms with van der Waals surface area (Å²) >= 11 is 0. The predicted molar refractivity (Wildman–Crippen MR) is 134 cm³/mol. The zero-order valence-electron chi connectivity index (χ0n) is 19.7. The highest BCUT2D eigenvalue weighted by molar-refractivity contribution is 5.90. The molecular formula is C25H27N7O3. The van der Waals surface area contributed by atoms with E-state index in [4.69, 9.17) is 4.74 Å². The maximum atomic E-state index is 12.9. The highest BCUT2D eigenvalue weighted by atomic mass is 16.5. The number of piperazine rings is 1. The van der Waals surface area contributed by atoms with Crippen LogP contribution < -0.4 is 25.5 Å². The van der Waals surface area contributed by atoms with Crippen molar-refractivity contribution in [2.45, 2.75) is 13.5 Å². The first-order chi connectivity index (χ1) is 17.0. The van der Waals surface area contributed by atoms with E-state index < -0.39 is 0 Å². The SMILES string of the molecule is COc1cccc(NC(=O)Cn2nc3c(N4CCN(c5ccc(C)cc5)CC4)nccn3c2=O)c1. The lowest BCUT2D eigenvalue weighted by atomic mass is 10.2. The van der Waals surface area contributed by atoms with E-state index in [0.717, 1.165) is 26.2 Å². The van der Waals surface area contributed by atoms with Crippen LogP contribution in [0.4, 0.5) is 17.2 Å². The van der Waals surface area contributed by atoms with E-state index in [9.17, 15) is 9.59 Å². The average Bonchev–Trinajstić information content (AvgIpc) is 3.19. The monoisotopic (exact) mass is 473 g/mol. The van der Waals surface area contributed by atoms with E-state index in [-0.39, 0.29) is 18.1 Å². The van der Waals surface area contributed by atoms with Crippen molar-refractivity contribution >= 4 is 28.7 Å². The van der Waals surface area contributed by atoms with Gasteiger partial charge >= 0.3 is 5.69 Å². The molecule has 0 unspecified atom stereocenters. The Morgan fingerprint density at radius 2 is 1.80 bits per heavy atom. The third kappa shape index (κ3) is 4.68. The van der Waals surface area contributed by atoms with Gasteiger partial charge in [-0.2, -0.15) is 0 Å². The minimum atomic E-state index is -0.386. The zero-order chi connectivity index (χ0) is 24.4. The number of carbonyl (C=O) groups excluding carboxylic acids is 1. The van der Waals surface area contributed by atoms with Gasteiger partial charge in [0.25, 0.3) is 0 Å². The number of aromatic nitrogens is 4. The topological polar surface area (TPSA) is 97.0 Å². The lowest BCUT2D eigenvalue weighted by molar-refractivity contribution is -0.117. The number of aryl methyl sites for hydroxylation is 1. The normalized spacial score (nSPS) is 13.8. The minimum absolute atomic E-state index is 0.210. The zero-order valence-corrected chi connectivity index (χ0v) is 19.7. The molecule has 0 radical (unpaired) electrons. The third-order valence-electron chi connectivity index (χ3n) is 6.11. The van der Waals surface area contributed by atoms with E-state index in [0.29, 0.717) is 22.9 Å². The van der Waals surface area contributed by atoms with Gasteiger partial charge in [0.1, 0.15) is 12.3 Å². The van der Waals surface area contributed by atoms with Gasteiger partial charge in [-0.1, -0.05) is 23.8 Å². The molecule has 10 nitrogen and oxygen atoms in total. The van der Waals surface area contributed by atoms with Gasteiger partial charge in [-0.3, -0.25) is 4.79 Å². The second-order valence-electron chi connectivity index (χ2n) is 8.47. The summed E-state index contributed by atoms with van der Waals surface area (Å²) in [5, 5.41) is 7.23. The van der Waals surface area contributed by atoms with Gasteiger partial charge in [0, 0.05) is 56.0 Å². The Bertz CT molecular complexity index is 1400. The van der Waals surface area contributed by atoms with E-state index in [1.165, 1.54) is 20.3 Å². The molecule has 1 aliphatic rings. The van der Waals surface area contributed by atoms with Crippen molar-refractivity contribution in [3.8, 4) is 5.75 Å². The summed E-state index contributed by atoms with van der Waals surface area (Å²) in [6.07, 6.45) is 3.17. The summed E-state index contributed by atoms with van der Waals surface area (Å²) in [5.74, 6) is 0.913. The summed E-state index contributed by atoms with van der Waals surface area (Å²) < 4.78 is 7.79. The second kappa shape index (κ2) is 9.49. The smallest absolute Gasteiger partial charge is 0.350 e. The molecule has 0 saturated carbocycles. The number of rotatable bonds is 6. The van der Waals surface area contributed by atoms with Crippen molar-refractivity contribution in [1.82, 2.24) is 19.2 Å². The van der Waals surface area contributed by atoms with Gasteiger partial charge in [0.15, 0.2) is 5.82 Å². The fourth-order valence-electron chi connectivity index (χ4n) is 4.23. The average molecular weight is 474 g/mol. The Kier molecular flexibility index (Phi) is 6.09. The fraction of sp³-hybridized carbons (Fsp3) is 0.280. The van der Waals surface area contributed by atoms with Gasteiger partial charge in [0.2, 0.25) is 11.6 Å². The van der Waals surface area contributed by atoms with Crippen LogP contribution in [0.1, 0.15) is 5.56 Å². The number of fused-ring (bicyclic) bond motifs is 1. The van der Waals surface area contributed by atoms with Crippen LogP contribution in [0, 0.1) is 6.92 Å². The molecular weight excluding hydrogens is 446 g/mol. The molecule has 1 saturated heterocycles. The summed E-state index contributed by atoms with van der Waals surface area (Å²) in [7, 11) is 1.56. The molecule has 10 heteroatoms. The molecule has 1 amide bonds. The molecule has 5 rings (SSSR count). The fourth-order valence-corrected chi connectivity index (χ4v) is 4.23. The van der Waals surface area contributed by atoms with Crippen molar-refractivity contribution in [3.05, 3.63) is 77.0 Å². The molecule has 1 N–H and O–H groups in total. The van der Waals surface area contributed by atoms with Gasteiger partial charge in [-0.25, -0.2) is 18.9 Å². The quantitative estimate of drug-likeness (QED) is 0.458. The number of amides is 1. The van der Waals surface area contributed by atoms with E-state index in [1.807, 2.05) is 0 Å². The van der Waals surface area contributed by atoms with Crippen molar-refractivity contribution < 1.29 is 9.53 Å². The number of carbonyl (C=O) groups is 1. The molecule has 180 valence electrons. The van der Waals surface area contributed by atoms with Crippen LogP contribution in [-0.2, 0) is 11.3 Å². The first kappa shape index (κ1) is 22.5. The van der Waals surface area contributed by atoms with Crippen LogP contribution in [0.15, 0.2) is 65.7 Å². The number of methoxy groups -OCH3 is 1. The minimum Gasteiger partial charge on any atom is -0.497 e. The van der Waals surface area contributed by atoms with Crippen molar-refractivity contribution in [2.75, 3.05) is 48.4 Å². The van der Waals surface area contributed by atoms with Crippen molar-refractivity contribution in [3.63, 3.8) is 0 Å². The first-order valence-electron chi connectivity index (χ1n) is 11.5. The molecule has 0 atom stereocenters. The summed E-state index contributed by atoms with van der Waals surface area (Å²) in [6.45, 7) is 5.03. The van der Waals surface area contributed by atoms with E-state index >= 15 is 0 Å². The van der Waals surface area contributed by atoms with Crippen molar-refractivity contribution in [2.24, 2.45) is 0 Å².